The summed E-state index contributed by atoms with van der Waals surface area (Å²) in [6.07, 6.45) is 1.47. The Hall–Kier alpha value is -1.83. The Balaban J connectivity index is 1.54. The number of carbonyl (C=O) groups excluding carboxylic acids is 1. The van der Waals surface area contributed by atoms with Gasteiger partial charge < -0.3 is 25.2 Å². The van der Waals surface area contributed by atoms with Gasteiger partial charge in [0.05, 0.1) is 20.3 Å². The second-order valence-electron chi connectivity index (χ2n) is 7.52. The summed E-state index contributed by atoms with van der Waals surface area (Å²) in [7, 11) is 3.33. The van der Waals surface area contributed by atoms with Crippen molar-refractivity contribution in [1.82, 2.24) is 9.80 Å². The maximum Gasteiger partial charge on any atom is 0.225 e. The van der Waals surface area contributed by atoms with Gasteiger partial charge in [0.15, 0.2) is 0 Å². The minimum Gasteiger partial charge on any atom is -0.497 e. The van der Waals surface area contributed by atoms with Crippen molar-refractivity contribution in [1.29, 1.82) is 0 Å². The molecule has 0 radical (unpaired) electrons. The highest BCUT2D eigenvalue weighted by molar-refractivity contribution is 5.79. The number of hydrogen-bond acceptors (Lipinski definition) is 6. The van der Waals surface area contributed by atoms with Crippen LogP contribution in [0.25, 0.3) is 0 Å². The molecule has 0 bridgehead atoms. The van der Waals surface area contributed by atoms with E-state index in [4.69, 9.17) is 15.2 Å². The van der Waals surface area contributed by atoms with Gasteiger partial charge in [0, 0.05) is 50.2 Å². The van der Waals surface area contributed by atoms with Crippen LogP contribution in [0.3, 0.4) is 0 Å². The average molecular weight is 377 g/mol. The molecule has 3 rings (SSSR count). The van der Waals surface area contributed by atoms with Gasteiger partial charge in [-0.2, -0.15) is 0 Å². The average Bonchev–Trinajstić information content (AvgIpc) is 2.70. The third-order valence-corrected chi connectivity index (χ3v) is 5.78. The summed E-state index contributed by atoms with van der Waals surface area (Å²) in [5, 5.41) is 9.77. The summed E-state index contributed by atoms with van der Waals surface area (Å²) in [4.78, 5) is 17.1. The molecule has 27 heavy (non-hydrogen) atoms. The number of ether oxygens (including phenoxy) is 2. The van der Waals surface area contributed by atoms with E-state index >= 15 is 0 Å². The zero-order valence-electron chi connectivity index (χ0n) is 16.3. The first-order valence-electron chi connectivity index (χ1n) is 9.67. The van der Waals surface area contributed by atoms with Crippen molar-refractivity contribution in [3.05, 3.63) is 23.8 Å². The lowest BCUT2D eigenvalue weighted by Gasteiger charge is -2.38. The number of carbonyl (C=O) groups is 1. The molecule has 3 N–H and O–H groups in total. The number of nitrogens with zero attached hydrogens (tertiary/aromatic N) is 2. The molecule has 3 atom stereocenters. The topological polar surface area (TPSA) is 88.3 Å². The number of aliphatic hydroxyl groups excluding tert-OH is 1. The van der Waals surface area contributed by atoms with Gasteiger partial charge in [-0.25, -0.2) is 0 Å². The smallest absolute Gasteiger partial charge is 0.225 e. The first-order valence-corrected chi connectivity index (χ1v) is 9.67. The normalized spacial score (nSPS) is 26.7. The molecule has 0 unspecified atom stereocenters. The lowest BCUT2D eigenvalue weighted by atomic mass is 9.83. The van der Waals surface area contributed by atoms with Crippen molar-refractivity contribution < 1.29 is 19.4 Å². The Morgan fingerprint density at radius 2 is 1.93 bits per heavy atom. The molecular weight excluding hydrogens is 346 g/mol. The number of aliphatic hydroxyl groups is 1. The van der Waals surface area contributed by atoms with Crippen molar-refractivity contribution in [2.24, 2.45) is 11.7 Å². The molecule has 7 heteroatoms. The van der Waals surface area contributed by atoms with Crippen molar-refractivity contribution >= 4 is 5.91 Å². The Morgan fingerprint density at radius 1 is 1.19 bits per heavy atom. The molecule has 2 aliphatic rings. The lowest BCUT2D eigenvalue weighted by Crippen LogP contribution is -2.52. The summed E-state index contributed by atoms with van der Waals surface area (Å²) >= 11 is 0. The summed E-state index contributed by atoms with van der Waals surface area (Å²) in [5.74, 6) is 1.81. The maximum atomic E-state index is 12.8. The molecule has 1 aliphatic heterocycles. The molecule has 0 aromatic heterocycles. The van der Waals surface area contributed by atoms with E-state index in [-0.39, 0.29) is 17.9 Å². The fourth-order valence-electron chi connectivity index (χ4n) is 4.04. The van der Waals surface area contributed by atoms with E-state index in [1.165, 1.54) is 0 Å². The minimum atomic E-state index is -0.469. The molecule has 1 saturated carbocycles. The predicted molar refractivity (Wildman–Crippen MR) is 103 cm³/mol. The number of benzene rings is 1. The van der Waals surface area contributed by atoms with E-state index in [1.807, 2.05) is 23.1 Å². The molecule has 1 amide bonds. The van der Waals surface area contributed by atoms with E-state index in [0.717, 1.165) is 56.2 Å². The van der Waals surface area contributed by atoms with Crippen molar-refractivity contribution in [3.8, 4) is 11.5 Å². The van der Waals surface area contributed by atoms with Crippen LogP contribution in [0.5, 0.6) is 11.5 Å². The van der Waals surface area contributed by atoms with Crippen LogP contribution in [-0.4, -0.2) is 73.4 Å². The summed E-state index contributed by atoms with van der Waals surface area (Å²) in [6.45, 7) is 3.86. The molecule has 1 aromatic rings. The molecule has 1 aliphatic carbocycles. The Bertz CT molecular complexity index is 646. The highest BCUT2D eigenvalue weighted by atomic mass is 16.5. The maximum absolute atomic E-state index is 12.8. The molecule has 1 saturated heterocycles. The van der Waals surface area contributed by atoms with Crippen molar-refractivity contribution in [2.75, 3.05) is 40.4 Å². The molecule has 7 nitrogen and oxygen atoms in total. The van der Waals surface area contributed by atoms with Crippen LogP contribution in [0.1, 0.15) is 24.8 Å². The fourth-order valence-corrected chi connectivity index (χ4v) is 4.04. The Morgan fingerprint density at radius 3 is 2.56 bits per heavy atom. The SMILES string of the molecule is COc1ccc(OC)c(CN2CCN(C(=O)[C@H]3CC[C@@H](O)[C@H](N)C3)CC2)c1. The van der Waals surface area contributed by atoms with Crippen LogP contribution in [0.4, 0.5) is 0 Å². The molecule has 150 valence electrons. The minimum absolute atomic E-state index is 0.0478. The largest absolute Gasteiger partial charge is 0.497 e. The van der Waals surface area contributed by atoms with Gasteiger partial charge in [-0.1, -0.05) is 0 Å². The van der Waals surface area contributed by atoms with Crippen molar-refractivity contribution in [2.45, 2.75) is 38.0 Å². The summed E-state index contributed by atoms with van der Waals surface area (Å²) < 4.78 is 10.8. The third-order valence-electron chi connectivity index (χ3n) is 5.78. The first kappa shape index (κ1) is 19.9. The fraction of sp³-hybridized carbons (Fsp3) is 0.650. The second-order valence-corrected chi connectivity index (χ2v) is 7.52. The van der Waals surface area contributed by atoms with E-state index in [9.17, 15) is 9.90 Å². The molecule has 2 fully saturated rings. The van der Waals surface area contributed by atoms with Crippen LogP contribution in [0, 0.1) is 5.92 Å². The quantitative estimate of drug-likeness (QED) is 0.791. The van der Waals surface area contributed by atoms with Gasteiger partial charge in [0.2, 0.25) is 5.91 Å². The number of nitrogens with two attached hydrogens (primary N) is 1. The number of rotatable bonds is 5. The highest BCUT2D eigenvalue weighted by Crippen LogP contribution is 2.27. The number of amides is 1. The van der Waals surface area contributed by atoms with E-state index < -0.39 is 6.10 Å². The van der Waals surface area contributed by atoms with E-state index in [1.54, 1.807) is 14.2 Å². The van der Waals surface area contributed by atoms with Crippen LogP contribution >= 0.6 is 0 Å². The molecule has 0 spiro atoms. The third kappa shape index (κ3) is 4.72. The van der Waals surface area contributed by atoms with Gasteiger partial charge >= 0.3 is 0 Å². The standard InChI is InChI=1S/C20H31N3O4/c1-26-16-4-6-19(27-2)15(11-16)13-22-7-9-23(10-8-22)20(25)14-3-5-18(24)17(21)12-14/h4,6,11,14,17-18,24H,3,5,7-10,12-13,21H2,1-2H3/t14-,17+,18+/m0/s1. The number of piperazine rings is 1. The van der Waals surface area contributed by atoms with Crippen LogP contribution < -0.4 is 15.2 Å². The Labute approximate surface area is 161 Å². The number of methoxy groups -OCH3 is 2. The summed E-state index contributed by atoms with van der Waals surface area (Å²) in [6, 6.07) is 5.54. The predicted octanol–water partition coefficient (Wildman–Crippen LogP) is 0.836. The Kier molecular flexibility index (Phi) is 6.57. The monoisotopic (exact) mass is 377 g/mol. The van der Waals surface area contributed by atoms with Gasteiger partial charge in [0.1, 0.15) is 11.5 Å². The molecule has 1 aromatic carbocycles. The first-order chi connectivity index (χ1) is 13.0. The lowest BCUT2D eigenvalue weighted by molar-refractivity contribution is -0.139. The zero-order valence-corrected chi connectivity index (χ0v) is 16.3. The van der Waals surface area contributed by atoms with Gasteiger partial charge in [-0.15, -0.1) is 0 Å². The second kappa shape index (κ2) is 8.91. The van der Waals surface area contributed by atoms with Gasteiger partial charge in [0.25, 0.3) is 0 Å². The summed E-state index contributed by atoms with van der Waals surface area (Å²) in [5.41, 5.74) is 7.03. The van der Waals surface area contributed by atoms with Gasteiger partial charge in [-0.05, 0) is 37.5 Å². The molecule has 1 heterocycles. The zero-order chi connectivity index (χ0) is 19.4. The van der Waals surface area contributed by atoms with Crippen molar-refractivity contribution in [3.63, 3.8) is 0 Å². The van der Waals surface area contributed by atoms with E-state index in [2.05, 4.69) is 4.90 Å². The van der Waals surface area contributed by atoms with Crippen LogP contribution in [0.2, 0.25) is 0 Å². The van der Waals surface area contributed by atoms with Crippen LogP contribution in [0.15, 0.2) is 18.2 Å². The molecular formula is C20H31N3O4. The van der Waals surface area contributed by atoms with Gasteiger partial charge in [-0.3, -0.25) is 9.69 Å². The highest BCUT2D eigenvalue weighted by Gasteiger charge is 2.34. The number of hydrogen-bond donors (Lipinski definition) is 2. The van der Waals surface area contributed by atoms with E-state index in [0.29, 0.717) is 12.8 Å². The van der Waals surface area contributed by atoms with Crippen LogP contribution in [-0.2, 0) is 11.3 Å².